The summed E-state index contributed by atoms with van der Waals surface area (Å²) >= 11 is 0. The summed E-state index contributed by atoms with van der Waals surface area (Å²) in [5.74, 6) is -7.65. The molecule has 0 saturated carbocycles. The van der Waals surface area contributed by atoms with Crippen molar-refractivity contribution in [3.63, 3.8) is 0 Å². The molecule has 36 heavy (non-hydrogen) atoms. The number of nitrogens with two attached hydrogens (primary N) is 4. The van der Waals surface area contributed by atoms with Crippen molar-refractivity contribution in [2.45, 2.75) is 43.8 Å². The van der Waals surface area contributed by atoms with Crippen molar-refractivity contribution in [3.05, 3.63) is 0 Å². The molecule has 0 aliphatic carbocycles. The van der Waals surface area contributed by atoms with Crippen LogP contribution >= 0.6 is 0 Å². The van der Waals surface area contributed by atoms with E-state index in [0.29, 0.717) is 0 Å². The summed E-state index contributed by atoms with van der Waals surface area (Å²) in [7, 11) is 0. The third kappa shape index (κ3) is 34.7. The van der Waals surface area contributed by atoms with E-state index in [9.17, 15) is 33.6 Å². The quantitative estimate of drug-likeness (QED) is 0.133. The van der Waals surface area contributed by atoms with Crippen LogP contribution in [0.3, 0.4) is 0 Å². The zero-order chi connectivity index (χ0) is 29.4. The van der Waals surface area contributed by atoms with Crippen LogP contribution in [-0.4, -0.2) is 115 Å². The molecule has 0 unspecified atom stereocenters. The number of carboxylic acids is 7. The van der Waals surface area contributed by atoms with Gasteiger partial charge >= 0.3 is 41.8 Å². The van der Waals surface area contributed by atoms with Gasteiger partial charge in [0, 0.05) is 0 Å². The third-order valence-electron chi connectivity index (χ3n) is 3.13. The van der Waals surface area contributed by atoms with Crippen molar-refractivity contribution in [2.75, 3.05) is 19.6 Å². The summed E-state index contributed by atoms with van der Waals surface area (Å²) in [6.45, 7) is 0.303. The monoisotopic (exact) mass is 531 g/mol. The van der Waals surface area contributed by atoms with Gasteiger partial charge in [0.25, 0.3) is 0 Å². The Labute approximate surface area is 203 Å². The average Bonchev–Trinajstić information content (AvgIpc) is 3.29. The lowest BCUT2D eigenvalue weighted by atomic mass is 10.2. The van der Waals surface area contributed by atoms with Gasteiger partial charge in [-0.05, 0) is 19.4 Å². The minimum Gasteiger partial charge on any atom is -0.481 e. The molecule has 3 atom stereocenters. The molecule has 0 aromatic carbocycles. The maximum atomic E-state index is 10.1. The fourth-order valence-corrected chi connectivity index (χ4v) is 1.45. The van der Waals surface area contributed by atoms with Gasteiger partial charge in [-0.3, -0.25) is 33.6 Å². The predicted octanol–water partition coefficient (Wildman–Crippen LogP) is -4.37. The number of rotatable bonds is 9. The number of aliphatic carboxylic acids is 7. The van der Waals surface area contributed by atoms with Crippen molar-refractivity contribution in [3.8, 4) is 0 Å². The normalized spacial score (nSPS) is 14.6. The topological polar surface area (TPSA) is 377 Å². The second-order valence-corrected chi connectivity index (χ2v) is 6.27. The first-order valence-corrected chi connectivity index (χ1v) is 9.62. The maximum Gasteiger partial charge on any atom is 0.321 e. The Morgan fingerprint density at radius 1 is 0.667 bits per heavy atom. The van der Waals surface area contributed by atoms with Crippen molar-refractivity contribution in [1.29, 1.82) is 0 Å². The van der Waals surface area contributed by atoms with Crippen LogP contribution < -0.4 is 28.3 Å². The van der Waals surface area contributed by atoms with Crippen LogP contribution in [-0.2, 0) is 33.6 Å². The summed E-state index contributed by atoms with van der Waals surface area (Å²) < 4.78 is 0. The van der Waals surface area contributed by atoms with Gasteiger partial charge in [0.05, 0.1) is 25.9 Å². The molecular weight excluding hydrogens is 498 g/mol. The summed E-state index contributed by atoms with van der Waals surface area (Å²) in [4.78, 5) is 67.9. The molecule has 210 valence electrons. The van der Waals surface area contributed by atoms with Crippen molar-refractivity contribution >= 4 is 41.8 Å². The molecule has 0 aromatic rings. The van der Waals surface area contributed by atoms with E-state index in [2.05, 4.69) is 16.8 Å². The summed E-state index contributed by atoms with van der Waals surface area (Å²) in [5, 5.41) is 58.5. The highest BCUT2D eigenvalue weighted by molar-refractivity contribution is 5.80. The SMILES string of the molecule is NCC(=O)O.NCC(=O)O.N[C@@H](CC(=O)O)C(=O)O.N[C@@H](CC(=O)O)C(=O)O.O=C(O)[C@@H]1CCCN1. The van der Waals surface area contributed by atoms with Crippen molar-refractivity contribution in [2.24, 2.45) is 22.9 Å². The highest BCUT2D eigenvalue weighted by Gasteiger charge is 2.20. The Balaban J connectivity index is -0.000000182. The molecule has 16 N–H and O–H groups in total. The van der Waals surface area contributed by atoms with Crippen LogP contribution in [0.2, 0.25) is 0 Å². The van der Waals surface area contributed by atoms with Gasteiger partial charge < -0.3 is 64.0 Å². The van der Waals surface area contributed by atoms with Crippen LogP contribution in [0.4, 0.5) is 0 Å². The van der Waals surface area contributed by atoms with Gasteiger partial charge in [-0.15, -0.1) is 0 Å². The number of carboxylic acid groups (broad SMARTS) is 7. The molecule has 1 aliphatic rings. The number of nitrogens with one attached hydrogen (secondary N) is 1. The molecule has 1 aliphatic heterocycles. The standard InChI is InChI=1S/C5H9NO2.2C4H7NO4.2C2H5NO2/c7-5(8)4-2-1-3-6-4;2*5-2(4(8)9)1-3(6)7;2*3-1-2(4)5/h4,6H,1-3H2,(H,7,8);2*2H,1,5H2,(H,6,7)(H,8,9);2*1,3H2,(H,4,5)/t4-;2*2-;;/m000../s1. The molecule has 0 radical (unpaired) electrons. The Morgan fingerprint density at radius 2 is 0.972 bits per heavy atom. The Morgan fingerprint density at radius 3 is 1.06 bits per heavy atom. The van der Waals surface area contributed by atoms with Crippen molar-refractivity contribution in [1.82, 2.24) is 5.32 Å². The lowest BCUT2D eigenvalue weighted by Gasteiger charge is -1.99. The lowest BCUT2D eigenvalue weighted by Crippen LogP contribution is -2.32. The fraction of sp³-hybridized carbons (Fsp3) is 0.588. The largest absolute Gasteiger partial charge is 0.481 e. The zero-order valence-electron chi connectivity index (χ0n) is 19.0. The van der Waals surface area contributed by atoms with E-state index >= 15 is 0 Å². The average molecular weight is 531 g/mol. The Kier molecular flexibility index (Phi) is 26.4. The maximum absolute atomic E-state index is 10.1. The van der Waals surface area contributed by atoms with Crippen LogP contribution in [0.25, 0.3) is 0 Å². The molecule has 0 spiro atoms. The van der Waals surface area contributed by atoms with Crippen LogP contribution in [0, 0.1) is 0 Å². The van der Waals surface area contributed by atoms with Gasteiger partial charge in [0.1, 0.15) is 18.1 Å². The molecular formula is C17H33N5O14. The van der Waals surface area contributed by atoms with Crippen LogP contribution in [0.1, 0.15) is 25.7 Å². The van der Waals surface area contributed by atoms with Gasteiger partial charge in [-0.1, -0.05) is 0 Å². The smallest absolute Gasteiger partial charge is 0.321 e. The van der Waals surface area contributed by atoms with Gasteiger partial charge in [-0.2, -0.15) is 0 Å². The summed E-state index contributed by atoms with van der Waals surface area (Å²) in [5.41, 5.74) is 18.8. The summed E-state index contributed by atoms with van der Waals surface area (Å²) in [6.07, 6.45) is 0.719. The molecule has 0 amide bonds. The lowest BCUT2D eigenvalue weighted by molar-refractivity contribution is -0.144. The molecule has 0 bridgehead atoms. The molecule has 19 nitrogen and oxygen atoms in total. The zero-order valence-corrected chi connectivity index (χ0v) is 19.0. The summed E-state index contributed by atoms with van der Waals surface area (Å²) in [6, 6.07) is -2.85. The molecule has 0 aromatic heterocycles. The molecule has 1 fully saturated rings. The number of hydrogen-bond donors (Lipinski definition) is 12. The van der Waals surface area contributed by atoms with E-state index in [4.69, 9.17) is 47.2 Å². The van der Waals surface area contributed by atoms with E-state index < -0.39 is 66.7 Å². The second kappa shape index (κ2) is 24.2. The van der Waals surface area contributed by atoms with Crippen LogP contribution in [0.5, 0.6) is 0 Å². The second-order valence-electron chi connectivity index (χ2n) is 6.27. The molecule has 1 heterocycles. The first kappa shape index (κ1) is 39.3. The minimum absolute atomic E-state index is 0.269. The van der Waals surface area contributed by atoms with E-state index in [0.717, 1.165) is 19.4 Å². The molecule has 19 heteroatoms. The first-order chi connectivity index (χ1) is 16.4. The predicted molar refractivity (Wildman–Crippen MR) is 118 cm³/mol. The Hall–Kier alpha value is -3.91. The minimum atomic E-state index is -1.29. The third-order valence-corrected chi connectivity index (χ3v) is 3.13. The molecule has 1 saturated heterocycles. The number of hydrogen-bond acceptors (Lipinski definition) is 12. The van der Waals surface area contributed by atoms with Crippen molar-refractivity contribution < 1.29 is 69.3 Å². The van der Waals surface area contributed by atoms with E-state index in [1.165, 1.54) is 0 Å². The van der Waals surface area contributed by atoms with E-state index in [-0.39, 0.29) is 19.1 Å². The fourth-order valence-electron chi connectivity index (χ4n) is 1.45. The van der Waals surface area contributed by atoms with Crippen LogP contribution in [0.15, 0.2) is 0 Å². The Bertz CT molecular complexity index is 666. The van der Waals surface area contributed by atoms with Gasteiger partial charge in [-0.25, -0.2) is 0 Å². The number of carbonyl (C=O) groups is 7. The van der Waals surface area contributed by atoms with Gasteiger partial charge in [0.15, 0.2) is 0 Å². The van der Waals surface area contributed by atoms with E-state index in [1.807, 2.05) is 0 Å². The van der Waals surface area contributed by atoms with E-state index in [1.54, 1.807) is 0 Å². The highest BCUT2D eigenvalue weighted by atomic mass is 16.4. The van der Waals surface area contributed by atoms with Gasteiger partial charge in [0.2, 0.25) is 0 Å². The first-order valence-electron chi connectivity index (χ1n) is 9.62. The molecule has 1 rings (SSSR count). The highest BCUT2D eigenvalue weighted by Crippen LogP contribution is 2.03.